The number of thiazole rings is 1. The zero-order valence-corrected chi connectivity index (χ0v) is 19.2. The summed E-state index contributed by atoms with van der Waals surface area (Å²) >= 11 is 1.58. The third-order valence-electron chi connectivity index (χ3n) is 5.93. The number of carbonyl (C=O) groups excluding carboxylic acids is 2. The number of anilines is 1. The molecule has 0 bridgehead atoms. The van der Waals surface area contributed by atoms with Crippen molar-refractivity contribution in [3.05, 3.63) is 70.7 Å². The maximum Gasteiger partial charge on any atom is 0.321 e. The van der Waals surface area contributed by atoms with Gasteiger partial charge in [-0.3, -0.25) is 4.79 Å². The predicted octanol–water partition coefficient (Wildman–Crippen LogP) is 4.99. The minimum Gasteiger partial charge on any atom is -0.350 e. The quantitative estimate of drug-likeness (QED) is 0.578. The second-order valence-corrected chi connectivity index (χ2v) is 9.08. The van der Waals surface area contributed by atoms with E-state index in [2.05, 4.69) is 15.6 Å². The summed E-state index contributed by atoms with van der Waals surface area (Å²) in [4.78, 5) is 31.6. The molecule has 7 heteroatoms. The summed E-state index contributed by atoms with van der Waals surface area (Å²) in [6.45, 7) is 5.65. The van der Waals surface area contributed by atoms with E-state index in [1.807, 2.05) is 67.8 Å². The number of amides is 3. The summed E-state index contributed by atoms with van der Waals surface area (Å²) in [6, 6.07) is 15.8. The van der Waals surface area contributed by atoms with Crippen molar-refractivity contribution < 1.29 is 9.59 Å². The first-order valence-corrected chi connectivity index (χ1v) is 11.8. The molecule has 0 aliphatic carbocycles. The van der Waals surface area contributed by atoms with Gasteiger partial charge in [-0.1, -0.05) is 36.4 Å². The minimum atomic E-state index is -0.108. The molecule has 0 spiro atoms. The largest absolute Gasteiger partial charge is 0.350 e. The summed E-state index contributed by atoms with van der Waals surface area (Å²) < 4.78 is 0. The smallest absolute Gasteiger partial charge is 0.321 e. The van der Waals surface area contributed by atoms with Crippen molar-refractivity contribution in [2.24, 2.45) is 5.92 Å². The fraction of sp³-hybridized carbons (Fsp3) is 0.320. The number of hydrogen-bond donors (Lipinski definition) is 2. The van der Waals surface area contributed by atoms with Crippen molar-refractivity contribution in [3.63, 3.8) is 0 Å². The summed E-state index contributed by atoms with van der Waals surface area (Å²) in [5.74, 6) is -0.0404. The Morgan fingerprint density at radius 3 is 2.53 bits per heavy atom. The van der Waals surface area contributed by atoms with Crippen LogP contribution in [0.5, 0.6) is 0 Å². The van der Waals surface area contributed by atoms with E-state index in [1.165, 1.54) is 5.56 Å². The Kier molecular flexibility index (Phi) is 6.85. The number of nitrogens with one attached hydrogen (secondary N) is 2. The number of likely N-dealkylation sites (tertiary alicyclic amines) is 1. The van der Waals surface area contributed by atoms with E-state index >= 15 is 0 Å². The maximum absolute atomic E-state index is 12.6. The van der Waals surface area contributed by atoms with E-state index in [0.717, 1.165) is 27.5 Å². The minimum absolute atomic E-state index is 0.0356. The summed E-state index contributed by atoms with van der Waals surface area (Å²) in [5, 5.41) is 8.93. The highest BCUT2D eigenvalue weighted by molar-refractivity contribution is 7.13. The van der Waals surface area contributed by atoms with Gasteiger partial charge in [0.05, 0.1) is 12.2 Å². The standard InChI is InChI=1S/C25H28N4O2S/c1-17-8-9-21(14-18(17)2)28-25(31)29-12-10-19(11-13-29)23(30)26-15-22-16-32-24(27-22)20-6-4-3-5-7-20/h3-9,14,16,19H,10-13,15H2,1-2H3,(H,26,30)(H,28,31). The second kappa shape index (κ2) is 9.96. The van der Waals surface area contributed by atoms with Gasteiger partial charge in [-0.05, 0) is 49.9 Å². The topological polar surface area (TPSA) is 74.3 Å². The molecule has 3 amide bonds. The highest BCUT2D eigenvalue weighted by Gasteiger charge is 2.27. The molecule has 4 rings (SSSR count). The molecule has 1 aliphatic rings. The Morgan fingerprint density at radius 1 is 1.06 bits per heavy atom. The van der Waals surface area contributed by atoms with Crippen LogP contribution in [0.2, 0.25) is 0 Å². The number of nitrogens with zero attached hydrogens (tertiary/aromatic N) is 2. The molecule has 6 nitrogen and oxygen atoms in total. The van der Waals surface area contributed by atoms with Gasteiger partial charge in [0.2, 0.25) is 5.91 Å². The van der Waals surface area contributed by atoms with Gasteiger partial charge in [0.1, 0.15) is 5.01 Å². The number of rotatable bonds is 5. The van der Waals surface area contributed by atoms with Gasteiger partial charge in [0.15, 0.2) is 0 Å². The SMILES string of the molecule is Cc1ccc(NC(=O)N2CCC(C(=O)NCc3csc(-c4ccccc4)n3)CC2)cc1C. The van der Waals surface area contributed by atoms with E-state index in [1.54, 1.807) is 16.2 Å². The van der Waals surface area contributed by atoms with Crippen molar-refractivity contribution in [2.75, 3.05) is 18.4 Å². The number of urea groups is 1. The molecule has 2 aromatic carbocycles. The number of aryl methyl sites for hydroxylation is 2. The van der Waals surface area contributed by atoms with Crippen LogP contribution in [0.1, 0.15) is 29.7 Å². The lowest BCUT2D eigenvalue weighted by molar-refractivity contribution is -0.126. The zero-order valence-electron chi connectivity index (χ0n) is 18.4. The van der Waals surface area contributed by atoms with Gasteiger partial charge < -0.3 is 15.5 Å². The van der Waals surface area contributed by atoms with Crippen LogP contribution < -0.4 is 10.6 Å². The summed E-state index contributed by atoms with van der Waals surface area (Å²) in [5.41, 5.74) is 5.10. The van der Waals surface area contributed by atoms with Crippen molar-refractivity contribution in [1.29, 1.82) is 0 Å². The lowest BCUT2D eigenvalue weighted by atomic mass is 9.96. The van der Waals surface area contributed by atoms with Gasteiger partial charge in [-0.15, -0.1) is 11.3 Å². The molecule has 1 fully saturated rings. The molecule has 166 valence electrons. The molecule has 2 N–H and O–H groups in total. The number of carbonyl (C=O) groups is 2. The molecule has 1 aromatic heterocycles. The number of hydrogen-bond acceptors (Lipinski definition) is 4. The van der Waals surface area contributed by atoms with Crippen LogP contribution in [0.25, 0.3) is 10.6 Å². The predicted molar refractivity (Wildman–Crippen MR) is 129 cm³/mol. The normalized spacial score (nSPS) is 14.2. The zero-order chi connectivity index (χ0) is 22.5. The van der Waals surface area contributed by atoms with Crippen molar-refractivity contribution in [3.8, 4) is 10.6 Å². The first kappa shape index (κ1) is 22.0. The average molecular weight is 449 g/mol. The Labute approximate surface area is 192 Å². The molecule has 0 saturated carbocycles. The highest BCUT2D eigenvalue weighted by Crippen LogP contribution is 2.24. The third-order valence-corrected chi connectivity index (χ3v) is 6.87. The van der Waals surface area contributed by atoms with Crippen LogP contribution in [0.3, 0.4) is 0 Å². The van der Waals surface area contributed by atoms with E-state index in [9.17, 15) is 9.59 Å². The van der Waals surface area contributed by atoms with Gasteiger partial charge in [0, 0.05) is 35.6 Å². The first-order chi connectivity index (χ1) is 15.5. The van der Waals surface area contributed by atoms with Crippen LogP contribution in [-0.2, 0) is 11.3 Å². The van der Waals surface area contributed by atoms with Gasteiger partial charge in [-0.2, -0.15) is 0 Å². The second-order valence-electron chi connectivity index (χ2n) is 8.22. The number of benzene rings is 2. The van der Waals surface area contributed by atoms with Crippen LogP contribution in [0, 0.1) is 19.8 Å². The Morgan fingerprint density at radius 2 is 1.81 bits per heavy atom. The van der Waals surface area contributed by atoms with Crippen LogP contribution in [0.15, 0.2) is 53.9 Å². The molecular weight excluding hydrogens is 420 g/mol. The van der Waals surface area contributed by atoms with Crippen LogP contribution >= 0.6 is 11.3 Å². The molecule has 32 heavy (non-hydrogen) atoms. The summed E-state index contributed by atoms with van der Waals surface area (Å²) in [7, 11) is 0. The van der Waals surface area contributed by atoms with E-state index < -0.39 is 0 Å². The highest BCUT2D eigenvalue weighted by atomic mass is 32.1. The molecule has 1 saturated heterocycles. The van der Waals surface area contributed by atoms with Gasteiger partial charge in [0.25, 0.3) is 0 Å². The third kappa shape index (κ3) is 5.34. The lowest BCUT2D eigenvalue weighted by Gasteiger charge is -2.31. The van der Waals surface area contributed by atoms with E-state index in [0.29, 0.717) is 32.5 Å². The number of aromatic nitrogens is 1. The fourth-order valence-corrected chi connectivity index (χ4v) is 4.62. The van der Waals surface area contributed by atoms with E-state index in [-0.39, 0.29) is 17.9 Å². The molecule has 0 atom stereocenters. The Balaban J connectivity index is 1.23. The van der Waals surface area contributed by atoms with Crippen LogP contribution in [-0.4, -0.2) is 34.9 Å². The molecular formula is C25H28N4O2S. The Bertz CT molecular complexity index is 1090. The fourth-order valence-electron chi connectivity index (χ4n) is 3.79. The number of piperidine rings is 1. The molecule has 0 radical (unpaired) electrons. The molecule has 3 aromatic rings. The lowest BCUT2D eigenvalue weighted by Crippen LogP contribution is -2.44. The first-order valence-electron chi connectivity index (χ1n) is 10.9. The summed E-state index contributed by atoms with van der Waals surface area (Å²) in [6.07, 6.45) is 1.33. The van der Waals surface area contributed by atoms with Crippen LogP contribution in [0.4, 0.5) is 10.5 Å². The molecule has 0 unspecified atom stereocenters. The maximum atomic E-state index is 12.6. The van der Waals surface area contributed by atoms with Crippen molar-refractivity contribution >= 4 is 29.0 Å². The van der Waals surface area contributed by atoms with E-state index in [4.69, 9.17) is 0 Å². The monoisotopic (exact) mass is 448 g/mol. The van der Waals surface area contributed by atoms with Crippen molar-refractivity contribution in [2.45, 2.75) is 33.2 Å². The van der Waals surface area contributed by atoms with Gasteiger partial charge in [-0.25, -0.2) is 9.78 Å². The average Bonchev–Trinajstić information content (AvgIpc) is 3.30. The van der Waals surface area contributed by atoms with Crippen molar-refractivity contribution in [1.82, 2.24) is 15.2 Å². The molecule has 2 heterocycles. The van der Waals surface area contributed by atoms with Gasteiger partial charge >= 0.3 is 6.03 Å². The Hall–Kier alpha value is -3.19. The molecule has 1 aliphatic heterocycles.